The third-order valence-electron chi connectivity index (χ3n) is 3.09. The average Bonchev–Trinajstić information content (AvgIpc) is 3.32. The van der Waals surface area contributed by atoms with Crippen molar-refractivity contribution in [2.24, 2.45) is 0 Å². The van der Waals surface area contributed by atoms with E-state index in [1.165, 1.54) is 7.11 Å². The van der Waals surface area contributed by atoms with Crippen LogP contribution >= 0.6 is 0 Å². The second-order valence-electron chi connectivity index (χ2n) is 4.62. The van der Waals surface area contributed by atoms with Crippen LogP contribution in [0.3, 0.4) is 0 Å². The van der Waals surface area contributed by atoms with Crippen LogP contribution < -0.4 is 10.1 Å². The standard InChI is InChI=1S/C14H14N4O2/c1-20-14-11(3-2-6-15-14)18-13(19)10-7-16-12(17-8-10)9-4-5-9/h2-3,6-9H,4-5H2,1H3,(H,18,19). The van der Waals surface area contributed by atoms with E-state index in [1.807, 2.05) is 0 Å². The zero-order valence-corrected chi connectivity index (χ0v) is 11.0. The van der Waals surface area contributed by atoms with Gasteiger partial charge in [0, 0.05) is 24.5 Å². The van der Waals surface area contributed by atoms with Gasteiger partial charge in [-0.2, -0.15) is 0 Å². The number of nitrogens with zero attached hydrogens (tertiary/aromatic N) is 3. The Bertz CT molecular complexity index is 623. The highest BCUT2D eigenvalue weighted by Crippen LogP contribution is 2.37. The van der Waals surface area contributed by atoms with Gasteiger partial charge < -0.3 is 10.1 Å². The van der Waals surface area contributed by atoms with Crippen molar-refractivity contribution in [1.29, 1.82) is 0 Å². The van der Waals surface area contributed by atoms with E-state index in [0.717, 1.165) is 18.7 Å². The highest BCUT2D eigenvalue weighted by Gasteiger charge is 2.26. The van der Waals surface area contributed by atoms with E-state index in [0.29, 0.717) is 23.0 Å². The number of pyridine rings is 1. The first kappa shape index (κ1) is 12.5. The van der Waals surface area contributed by atoms with Crippen molar-refractivity contribution in [3.8, 4) is 5.88 Å². The molecule has 0 aliphatic heterocycles. The van der Waals surface area contributed by atoms with Crippen molar-refractivity contribution in [3.05, 3.63) is 42.1 Å². The Morgan fingerprint density at radius 1 is 1.30 bits per heavy atom. The molecular weight excluding hydrogens is 256 g/mol. The van der Waals surface area contributed by atoms with E-state index in [2.05, 4.69) is 20.3 Å². The maximum atomic E-state index is 12.1. The number of ether oxygens (including phenoxy) is 1. The monoisotopic (exact) mass is 270 g/mol. The number of aromatic nitrogens is 3. The molecule has 0 atom stereocenters. The largest absolute Gasteiger partial charge is 0.480 e. The lowest BCUT2D eigenvalue weighted by molar-refractivity contribution is 0.102. The Kier molecular flexibility index (Phi) is 3.28. The molecule has 0 saturated heterocycles. The van der Waals surface area contributed by atoms with Crippen molar-refractivity contribution in [3.63, 3.8) is 0 Å². The predicted molar refractivity (Wildman–Crippen MR) is 72.7 cm³/mol. The lowest BCUT2D eigenvalue weighted by atomic mass is 10.3. The molecule has 0 unspecified atom stereocenters. The molecule has 6 heteroatoms. The molecule has 1 amide bonds. The van der Waals surface area contributed by atoms with Gasteiger partial charge in [0.25, 0.3) is 5.91 Å². The highest BCUT2D eigenvalue weighted by molar-refractivity contribution is 6.04. The molecule has 102 valence electrons. The SMILES string of the molecule is COc1ncccc1NC(=O)c1cnc(C2CC2)nc1. The molecular formula is C14H14N4O2. The summed E-state index contributed by atoms with van der Waals surface area (Å²) in [7, 11) is 1.51. The van der Waals surface area contributed by atoms with Crippen LogP contribution in [0.2, 0.25) is 0 Å². The summed E-state index contributed by atoms with van der Waals surface area (Å²) in [5.74, 6) is 1.39. The van der Waals surface area contributed by atoms with Gasteiger partial charge in [0.2, 0.25) is 5.88 Å². The van der Waals surface area contributed by atoms with Crippen LogP contribution in [-0.2, 0) is 0 Å². The maximum absolute atomic E-state index is 12.1. The zero-order valence-electron chi connectivity index (χ0n) is 11.0. The molecule has 20 heavy (non-hydrogen) atoms. The molecule has 6 nitrogen and oxygen atoms in total. The Labute approximate surface area is 116 Å². The summed E-state index contributed by atoms with van der Waals surface area (Å²) >= 11 is 0. The van der Waals surface area contributed by atoms with Gasteiger partial charge in [-0.1, -0.05) is 0 Å². The van der Waals surface area contributed by atoms with Gasteiger partial charge in [-0.25, -0.2) is 15.0 Å². The fourth-order valence-electron chi connectivity index (χ4n) is 1.85. The van der Waals surface area contributed by atoms with Crippen LogP contribution in [0.5, 0.6) is 5.88 Å². The predicted octanol–water partition coefficient (Wildman–Crippen LogP) is 2.01. The molecule has 2 aromatic rings. The van der Waals surface area contributed by atoms with Crippen molar-refractivity contribution in [2.75, 3.05) is 12.4 Å². The molecule has 0 bridgehead atoms. The molecule has 0 radical (unpaired) electrons. The van der Waals surface area contributed by atoms with E-state index in [1.54, 1.807) is 30.7 Å². The number of carbonyl (C=O) groups is 1. The minimum absolute atomic E-state index is 0.279. The molecule has 1 aliphatic carbocycles. The molecule has 2 heterocycles. The number of amides is 1. The summed E-state index contributed by atoms with van der Waals surface area (Å²) in [5.41, 5.74) is 0.937. The van der Waals surface area contributed by atoms with Crippen LogP contribution in [0.25, 0.3) is 0 Å². The van der Waals surface area contributed by atoms with E-state index in [4.69, 9.17) is 4.74 Å². The molecule has 1 N–H and O–H groups in total. The molecule has 1 saturated carbocycles. The minimum Gasteiger partial charge on any atom is -0.480 e. The summed E-state index contributed by atoms with van der Waals surface area (Å²) in [4.78, 5) is 24.6. The quantitative estimate of drug-likeness (QED) is 0.919. The summed E-state index contributed by atoms with van der Waals surface area (Å²) < 4.78 is 5.08. The number of hydrogen-bond acceptors (Lipinski definition) is 5. The first-order valence-electron chi connectivity index (χ1n) is 6.40. The Morgan fingerprint density at radius 3 is 2.70 bits per heavy atom. The van der Waals surface area contributed by atoms with E-state index < -0.39 is 0 Å². The van der Waals surface area contributed by atoms with Crippen molar-refractivity contribution in [1.82, 2.24) is 15.0 Å². The van der Waals surface area contributed by atoms with Crippen LogP contribution in [-0.4, -0.2) is 28.0 Å². The third kappa shape index (κ3) is 2.59. The smallest absolute Gasteiger partial charge is 0.258 e. The van der Waals surface area contributed by atoms with Gasteiger partial charge in [-0.15, -0.1) is 0 Å². The Hall–Kier alpha value is -2.50. The summed E-state index contributed by atoms with van der Waals surface area (Å²) in [6.07, 6.45) is 6.98. The third-order valence-corrected chi connectivity index (χ3v) is 3.09. The maximum Gasteiger partial charge on any atom is 0.258 e. The van der Waals surface area contributed by atoms with Crippen molar-refractivity contribution >= 4 is 11.6 Å². The van der Waals surface area contributed by atoms with Gasteiger partial charge in [0.05, 0.1) is 12.7 Å². The van der Waals surface area contributed by atoms with E-state index >= 15 is 0 Å². The number of methoxy groups -OCH3 is 1. The first-order chi connectivity index (χ1) is 9.78. The molecule has 1 fully saturated rings. The Balaban J connectivity index is 1.75. The molecule has 0 spiro atoms. The molecule has 0 aromatic carbocycles. The van der Waals surface area contributed by atoms with Gasteiger partial charge in [0.15, 0.2) is 0 Å². The Morgan fingerprint density at radius 2 is 2.05 bits per heavy atom. The van der Waals surface area contributed by atoms with Gasteiger partial charge in [0.1, 0.15) is 11.5 Å². The minimum atomic E-state index is -0.279. The van der Waals surface area contributed by atoms with Crippen LogP contribution in [0.15, 0.2) is 30.7 Å². The fraction of sp³-hybridized carbons (Fsp3) is 0.286. The molecule has 2 aromatic heterocycles. The fourth-order valence-corrected chi connectivity index (χ4v) is 1.85. The molecule has 3 rings (SSSR count). The molecule has 1 aliphatic rings. The average molecular weight is 270 g/mol. The normalized spacial score (nSPS) is 13.8. The van der Waals surface area contributed by atoms with Gasteiger partial charge >= 0.3 is 0 Å². The van der Waals surface area contributed by atoms with E-state index in [9.17, 15) is 4.79 Å². The first-order valence-corrected chi connectivity index (χ1v) is 6.40. The zero-order chi connectivity index (χ0) is 13.9. The van der Waals surface area contributed by atoms with Crippen LogP contribution in [0, 0.1) is 0 Å². The van der Waals surface area contributed by atoms with Crippen LogP contribution in [0.4, 0.5) is 5.69 Å². The lowest BCUT2D eigenvalue weighted by Crippen LogP contribution is -2.14. The van der Waals surface area contributed by atoms with Crippen LogP contribution in [0.1, 0.15) is 34.9 Å². The number of rotatable bonds is 4. The lowest BCUT2D eigenvalue weighted by Gasteiger charge is -2.08. The topological polar surface area (TPSA) is 77.0 Å². The van der Waals surface area contributed by atoms with Gasteiger partial charge in [-0.05, 0) is 25.0 Å². The number of carbonyl (C=O) groups excluding carboxylic acids is 1. The second kappa shape index (κ2) is 5.24. The number of nitrogens with one attached hydrogen (secondary N) is 1. The van der Waals surface area contributed by atoms with Gasteiger partial charge in [-0.3, -0.25) is 4.79 Å². The van der Waals surface area contributed by atoms with E-state index in [-0.39, 0.29) is 5.91 Å². The second-order valence-corrected chi connectivity index (χ2v) is 4.62. The van der Waals surface area contributed by atoms with Crippen molar-refractivity contribution in [2.45, 2.75) is 18.8 Å². The number of anilines is 1. The summed E-state index contributed by atoms with van der Waals surface area (Å²) in [5, 5.41) is 2.74. The highest BCUT2D eigenvalue weighted by atomic mass is 16.5. The summed E-state index contributed by atoms with van der Waals surface area (Å²) in [6.45, 7) is 0. The number of hydrogen-bond donors (Lipinski definition) is 1. The van der Waals surface area contributed by atoms with Crippen molar-refractivity contribution < 1.29 is 9.53 Å². The summed E-state index contributed by atoms with van der Waals surface area (Å²) in [6, 6.07) is 3.45.